The van der Waals surface area contributed by atoms with Gasteiger partial charge in [0.1, 0.15) is 11.6 Å². The standard InChI is InChI=1S/C18H23N5O/c1-12-10-22(2)17(21-12)14-4-3-7-23(11-14)18(24)15-8-19-16(20-9-15)13-5-6-13/h8-10,13-14H,3-7,11H2,1-2H3/t14-/m1/s1. The molecule has 6 nitrogen and oxygen atoms in total. The van der Waals surface area contributed by atoms with Gasteiger partial charge in [-0.15, -0.1) is 0 Å². The molecule has 2 aromatic rings. The highest BCUT2D eigenvalue weighted by atomic mass is 16.2. The molecule has 2 aliphatic rings. The summed E-state index contributed by atoms with van der Waals surface area (Å²) < 4.78 is 2.08. The molecule has 1 atom stereocenters. The predicted molar refractivity (Wildman–Crippen MR) is 89.8 cm³/mol. The van der Waals surface area contributed by atoms with E-state index < -0.39 is 0 Å². The number of aromatic nitrogens is 4. The zero-order chi connectivity index (χ0) is 16.7. The van der Waals surface area contributed by atoms with E-state index in [-0.39, 0.29) is 5.91 Å². The average Bonchev–Trinajstić information content (AvgIpc) is 3.39. The lowest BCUT2D eigenvalue weighted by atomic mass is 9.96. The molecule has 126 valence electrons. The van der Waals surface area contributed by atoms with Gasteiger partial charge in [0.15, 0.2) is 0 Å². The van der Waals surface area contributed by atoms with Crippen LogP contribution in [0, 0.1) is 6.92 Å². The first-order valence-corrected chi connectivity index (χ1v) is 8.73. The van der Waals surface area contributed by atoms with Gasteiger partial charge in [0.2, 0.25) is 0 Å². The minimum atomic E-state index is 0.0352. The molecule has 0 N–H and O–H groups in total. The minimum Gasteiger partial charge on any atom is -0.338 e. The molecule has 1 aliphatic carbocycles. The second kappa shape index (κ2) is 6.00. The molecule has 0 spiro atoms. The maximum atomic E-state index is 12.8. The molecule has 0 bridgehead atoms. The van der Waals surface area contributed by atoms with Crippen molar-refractivity contribution in [2.24, 2.45) is 7.05 Å². The second-order valence-corrected chi connectivity index (χ2v) is 7.05. The van der Waals surface area contributed by atoms with Crippen molar-refractivity contribution in [3.8, 4) is 0 Å². The Labute approximate surface area is 141 Å². The van der Waals surface area contributed by atoms with Crippen LogP contribution in [0.2, 0.25) is 0 Å². The SMILES string of the molecule is Cc1cn(C)c([C@@H]2CCCN(C(=O)c3cnc(C4CC4)nc3)C2)n1. The number of hydrogen-bond acceptors (Lipinski definition) is 4. The second-order valence-electron chi connectivity index (χ2n) is 7.05. The van der Waals surface area contributed by atoms with E-state index in [4.69, 9.17) is 0 Å². The van der Waals surface area contributed by atoms with Crippen LogP contribution in [0.3, 0.4) is 0 Å². The summed E-state index contributed by atoms with van der Waals surface area (Å²) >= 11 is 0. The van der Waals surface area contributed by atoms with Crippen molar-refractivity contribution < 1.29 is 4.79 Å². The van der Waals surface area contributed by atoms with Crippen molar-refractivity contribution in [2.45, 2.75) is 44.4 Å². The van der Waals surface area contributed by atoms with E-state index in [2.05, 4.69) is 19.5 Å². The van der Waals surface area contributed by atoms with E-state index in [1.807, 2.05) is 25.1 Å². The van der Waals surface area contributed by atoms with Gasteiger partial charge < -0.3 is 9.47 Å². The van der Waals surface area contributed by atoms with Crippen LogP contribution >= 0.6 is 0 Å². The highest BCUT2D eigenvalue weighted by molar-refractivity contribution is 5.93. The molecule has 0 aromatic carbocycles. The topological polar surface area (TPSA) is 63.9 Å². The molecule has 3 heterocycles. The Morgan fingerprint density at radius 1 is 1.17 bits per heavy atom. The van der Waals surface area contributed by atoms with Crippen LogP contribution in [-0.2, 0) is 7.05 Å². The number of amides is 1. The number of hydrogen-bond donors (Lipinski definition) is 0. The molecule has 6 heteroatoms. The van der Waals surface area contributed by atoms with Gasteiger partial charge in [-0.2, -0.15) is 0 Å². The highest BCUT2D eigenvalue weighted by Gasteiger charge is 2.29. The molecule has 4 rings (SSSR count). The largest absolute Gasteiger partial charge is 0.338 e. The number of carbonyl (C=O) groups excluding carboxylic acids is 1. The van der Waals surface area contributed by atoms with E-state index in [1.165, 1.54) is 12.8 Å². The summed E-state index contributed by atoms with van der Waals surface area (Å²) in [6, 6.07) is 0. The Kier molecular flexibility index (Phi) is 3.82. The van der Waals surface area contributed by atoms with Crippen molar-refractivity contribution in [2.75, 3.05) is 13.1 Å². The van der Waals surface area contributed by atoms with Crippen LogP contribution < -0.4 is 0 Å². The van der Waals surface area contributed by atoms with Gasteiger partial charge >= 0.3 is 0 Å². The normalized spacial score (nSPS) is 21.1. The Hall–Kier alpha value is -2.24. The molecule has 1 aliphatic heterocycles. The molecular formula is C18H23N5O. The van der Waals surface area contributed by atoms with Gasteiger partial charge in [0.05, 0.1) is 11.3 Å². The Morgan fingerprint density at radius 2 is 1.92 bits per heavy atom. The minimum absolute atomic E-state index is 0.0352. The quantitative estimate of drug-likeness (QED) is 0.869. The summed E-state index contributed by atoms with van der Waals surface area (Å²) in [5.74, 6) is 2.80. The van der Waals surface area contributed by atoms with Crippen LogP contribution in [0.1, 0.15) is 65.2 Å². The Morgan fingerprint density at radius 3 is 2.54 bits per heavy atom. The van der Waals surface area contributed by atoms with E-state index >= 15 is 0 Å². The summed E-state index contributed by atoms with van der Waals surface area (Å²) in [6.45, 7) is 3.52. The van der Waals surface area contributed by atoms with Gasteiger partial charge in [-0.05, 0) is 32.6 Å². The first kappa shape index (κ1) is 15.3. The lowest BCUT2D eigenvalue weighted by Crippen LogP contribution is -2.39. The summed E-state index contributed by atoms with van der Waals surface area (Å²) in [7, 11) is 2.03. The number of carbonyl (C=O) groups is 1. The van der Waals surface area contributed by atoms with Gasteiger partial charge in [-0.25, -0.2) is 15.0 Å². The number of aryl methyl sites for hydroxylation is 2. The highest BCUT2D eigenvalue weighted by Crippen LogP contribution is 2.37. The molecule has 0 radical (unpaired) electrons. The van der Waals surface area contributed by atoms with E-state index in [9.17, 15) is 4.79 Å². The smallest absolute Gasteiger partial charge is 0.257 e. The molecule has 1 saturated carbocycles. The van der Waals surface area contributed by atoms with Gasteiger partial charge in [0.25, 0.3) is 5.91 Å². The fourth-order valence-corrected chi connectivity index (χ4v) is 3.57. The van der Waals surface area contributed by atoms with Crippen LogP contribution in [0.25, 0.3) is 0 Å². The summed E-state index contributed by atoms with van der Waals surface area (Å²) in [5.41, 5.74) is 1.62. The third-order valence-corrected chi connectivity index (χ3v) is 4.97. The fourth-order valence-electron chi connectivity index (χ4n) is 3.57. The van der Waals surface area contributed by atoms with Crippen LogP contribution in [0.5, 0.6) is 0 Å². The van der Waals surface area contributed by atoms with Crippen LogP contribution in [0.4, 0.5) is 0 Å². The summed E-state index contributed by atoms with van der Waals surface area (Å²) in [6.07, 6.45) is 9.85. The third-order valence-electron chi connectivity index (χ3n) is 4.97. The van der Waals surface area contributed by atoms with Crippen molar-refractivity contribution in [1.29, 1.82) is 0 Å². The van der Waals surface area contributed by atoms with Crippen molar-refractivity contribution in [1.82, 2.24) is 24.4 Å². The maximum Gasteiger partial charge on any atom is 0.257 e. The van der Waals surface area contributed by atoms with Crippen molar-refractivity contribution in [3.05, 3.63) is 41.5 Å². The van der Waals surface area contributed by atoms with E-state index in [1.54, 1.807) is 12.4 Å². The molecule has 2 fully saturated rings. The Bertz CT molecular complexity index is 747. The zero-order valence-electron chi connectivity index (χ0n) is 14.3. The maximum absolute atomic E-state index is 12.8. The first-order valence-electron chi connectivity index (χ1n) is 8.73. The zero-order valence-corrected chi connectivity index (χ0v) is 14.3. The average molecular weight is 325 g/mol. The predicted octanol–water partition coefficient (Wildman–Crippen LogP) is 2.42. The third kappa shape index (κ3) is 2.92. The lowest BCUT2D eigenvalue weighted by molar-refractivity contribution is 0.0702. The number of rotatable bonds is 3. The summed E-state index contributed by atoms with van der Waals surface area (Å²) in [5, 5.41) is 0. The van der Waals surface area contributed by atoms with Crippen LogP contribution in [-0.4, -0.2) is 43.4 Å². The monoisotopic (exact) mass is 325 g/mol. The number of piperidine rings is 1. The van der Waals surface area contributed by atoms with Crippen molar-refractivity contribution >= 4 is 5.91 Å². The Balaban J connectivity index is 1.48. The molecule has 1 amide bonds. The molecule has 0 unspecified atom stereocenters. The molecular weight excluding hydrogens is 302 g/mol. The van der Waals surface area contributed by atoms with Gasteiger partial charge in [-0.1, -0.05) is 0 Å². The number of likely N-dealkylation sites (tertiary alicyclic amines) is 1. The van der Waals surface area contributed by atoms with Gasteiger partial charge in [0, 0.05) is 50.6 Å². The first-order chi connectivity index (χ1) is 11.6. The summed E-state index contributed by atoms with van der Waals surface area (Å²) in [4.78, 5) is 28.1. The van der Waals surface area contributed by atoms with Gasteiger partial charge in [-0.3, -0.25) is 4.79 Å². The lowest BCUT2D eigenvalue weighted by Gasteiger charge is -2.32. The fraction of sp³-hybridized carbons (Fsp3) is 0.556. The number of nitrogens with zero attached hydrogens (tertiary/aromatic N) is 5. The van der Waals surface area contributed by atoms with Crippen LogP contribution in [0.15, 0.2) is 18.6 Å². The molecule has 24 heavy (non-hydrogen) atoms. The molecule has 1 saturated heterocycles. The van der Waals surface area contributed by atoms with Crippen molar-refractivity contribution in [3.63, 3.8) is 0 Å². The molecule has 2 aromatic heterocycles. The van der Waals surface area contributed by atoms with E-state index in [0.29, 0.717) is 23.9 Å². The number of imidazole rings is 1. The van der Waals surface area contributed by atoms with E-state index in [0.717, 1.165) is 36.7 Å².